The maximum Gasteiger partial charge on any atom is 0.306 e. The van der Waals surface area contributed by atoms with Crippen molar-refractivity contribution >= 4 is 11.8 Å². The molecule has 8 atom stereocenters. The van der Waals surface area contributed by atoms with Crippen LogP contribution >= 0.6 is 0 Å². The van der Waals surface area contributed by atoms with Gasteiger partial charge in [0.2, 0.25) is 0 Å². The number of aliphatic hydroxyl groups excluding tert-OH is 1. The summed E-state index contributed by atoms with van der Waals surface area (Å²) in [4.78, 5) is 26.2. The molecule has 4 aliphatic rings. The van der Waals surface area contributed by atoms with Crippen molar-refractivity contribution in [3.8, 4) is 0 Å². The van der Waals surface area contributed by atoms with E-state index in [1.54, 1.807) is 26.0 Å². The van der Waals surface area contributed by atoms with Crippen LogP contribution in [0.2, 0.25) is 0 Å². The van der Waals surface area contributed by atoms with E-state index in [0.29, 0.717) is 11.1 Å². The molecule has 0 aromatic heterocycles. The Morgan fingerprint density at radius 3 is 2.07 bits per heavy atom. The molecule has 0 amide bonds. The first-order chi connectivity index (χ1) is 19.3. The van der Waals surface area contributed by atoms with Gasteiger partial charge in [-0.25, -0.2) is 0 Å². The van der Waals surface area contributed by atoms with Gasteiger partial charge in [0.05, 0.1) is 12.2 Å². The zero-order chi connectivity index (χ0) is 30.2. The fourth-order valence-corrected chi connectivity index (χ4v) is 8.74. The Morgan fingerprint density at radius 1 is 0.951 bits per heavy atom. The molecule has 0 radical (unpaired) electrons. The summed E-state index contributed by atoms with van der Waals surface area (Å²) < 4.78 is 6.03. The number of hydrogen-bond acceptors (Lipinski definition) is 7. The smallest absolute Gasteiger partial charge is 0.306 e. The number of hydrogen-bond donors (Lipinski definition) is 4. The van der Waals surface area contributed by atoms with Crippen molar-refractivity contribution in [1.82, 2.24) is 0 Å². The lowest BCUT2D eigenvalue weighted by Gasteiger charge is -2.52. The highest BCUT2D eigenvalue weighted by Gasteiger charge is 2.85. The number of ketones is 1. The Balaban J connectivity index is 1.42. The molecule has 7 nitrogen and oxygen atoms in total. The summed E-state index contributed by atoms with van der Waals surface area (Å²) in [5, 5.41) is 46.3. The number of carbonyl (C=O) groups is 2. The molecule has 0 unspecified atom stereocenters. The Hall–Kier alpha value is -1.54. The van der Waals surface area contributed by atoms with E-state index < -0.39 is 57.8 Å². The van der Waals surface area contributed by atoms with E-state index in [1.807, 2.05) is 13.8 Å². The van der Waals surface area contributed by atoms with Gasteiger partial charge in [-0.2, -0.15) is 0 Å². The Bertz CT molecular complexity index is 1050. The van der Waals surface area contributed by atoms with Crippen molar-refractivity contribution < 1.29 is 34.8 Å². The molecule has 4 rings (SSSR count). The van der Waals surface area contributed by atoms with E-state index in [9.17, 15) is 30.0 Å². The van der Waals surface area contributed by atoms with E-state index in [0.717, 1.165) is 19.3 Å². The summed E-state index contributed by atoms with van der Waals surface area (Å²) in [7, 11) is 0. The number of ether oxygens (including phenoxy) is 1. The van der Waals surface area contributed by atoms with E-state index in [4.69, 9.17) is 4.74 Å². The largest absolute Gasteiger partial charge is 0.459 e. The molecule has 232 valence electrons. The predicted octanol–water partition coefficient (Wildman–Crippen LogP) is 5.18. The molecular weight excluding hydrogens is 520 g/mol. The number of rotatable bonds is 14. The van der Waals surface area contributed by atoms with Gasteiger partial charge in [-0.15, -0.1) is 0 Å². The third-order valence-corrected chi connectivity index (χ3v) is 11.2. The van der Waals surface area contributed by atoms with Gasteiger partial charge in [-0.05, 0) is 24.5 Å². The Morgan fingerprint density at radius 2 is 1.51 bits per heavy atom. The van der Waals surface area contributed by atoms with Crippen molar-refractivity contribution in [3.63, 3.8) is 0 Å². The lowest BCUT2D eigenvalue weighted by atomic mass is 9.59. The van der Waals surface area contributed by atoms with Gasteiger partial charge in [0, 0.05) is 41.9 Å². The number of Topliss-reactive ketones (excluding diaryl/α,β-unsaturated/α-hetero) is 1. The normalized spacial score (nSPS) is 38.8. The van der Waals surface area contributed by atoms with Crippen LogP contribution in [0.1, 0.15) is 118 Å². The Kier molecular flexibility index (Phi) is 9.65. The minimum Gasteiger partial charge on any atom is -0.459 e. The lowest BCUT2D eigenvalue weighted by Crippen LogP contribution is -2.65. The second-order valence-electron chi connectivity index (χ2n) is 14.2. The highest BCUT2D eigenvalue weighted by Crippen LogP contribution is 2.75. The molecular formula is C34H54O7. The summed E-state index contributed by atoms with van der Waals surface area (Å²) in [6, 6.07) is 0. The predicted molar refractivity (Wildman–Crippen MR) is 158 cm³/mol. The van der Waals surface area contributed by atoms with E-state index >= 15 is 0 Å². The third kappa shape index (κ3) is 5.38. The average Bonchev–Trinajstić information content (AvgIpc) is 3.32. The standard InChI is InChI=1S/C34H54O7/c1-6-7-8-9-10-11-12-13-14-15-16-17-27(36)41-30-23(3)33(39)25(28-31(4,5)34(28,30)40)19-24(21-35)20-32(38)26(33)18-22(2)29(32)37/h18-19,23,25-26,28,30,35,38-40H,6-17,20-21H2,1-5H3/t23-,25+,26-,28-,30-,32-,33-,34-/m0/s1. The first-order valence-electron chi connectivity index (χ1n) is 16.2. The van der Waals surface area contributed by atoms with E-state index in [-0.39, 0.29) is 25.4 Å². The van der Waals surface area contributed by atoms with Crippen molar-refractivity contribution in [2.24, 2.45) is 29.1 Å². The molecule has 4 N–H and O–H groups in total. The molecule has 2 fully saturated rings. The maximum absolute atomic E-state index is 13.2. The van der Waals surface area contributed by atoms with Crippen LogP contribution in [0.5, 0.6) is 0 Å². The first kappa shape index (κ1) is 32.4. The van der Waals surface area contributed by atoms with Crippen molar-refractivity contribution in [3.05, 3.63) is 23.3 Å². The van der Waals surface area contributed by atoms with Gasteiger partial charge in [0.25, 0.3) is 0 Å². The number of unbranched alkanes of at least 4 members (excludes halogenated alkanes) is 10. The molecule has 2 saturated carbocycles. The lowest BCUT2D eigenvalue weighted by molar-refractivity contribution is -0.221. The van der Waals surface area contributed by atoms with Gasteiger partial charge in [-0.3, -0.25) is 9.59 Å². The van der Waals surface area contributed by atoms with Crippen LogP contribution in [0.3, 0.4) is 0 Å². The molecule has 4 aliphatic carbocycles. The first-order valence-corrected chi connectivity index (χ1v) is 16.2. The maximum atomic E-state index is 13.2. The summed E-state index contributed by atoms with van der Waals surface area (Å²) in [6.45, 7) is 9.07. The molecule has 41 heavy (non-hydrogen) atoms. The van der Waals surface area contributed by atoms with Gasteiger partial charge >= 0.3 is 5.97 Å². The monoisotopic (exact) mass is 574 g/mol. The van der Waals surface area contributed by atoms with E-state index in [1.165, 1.54) is 51.4 Å². The number of esters is 1. The fourth-order valence-electron chi connectivity index (χ4n) is 8.74. The molecule has 0 aliphatic heterocycles. The second kappa shape index (κ2) is 12.2. The summed E-state index contributed by atoms with van der Waals surface area (Å²) >= 11 is 0. The molecule has 0 aromatic carbocycles. The van der Waals surface area contributed by atoms with Gasteiger partial charge in [0.1, 0.15) is 17.3 Å². The summed E-state index contributed by atoms with van der Waals surface area (Å²) in [6.07, 6.45) is 15.6. The van der Waals surface area contributed by atoms with Gasteiger partial charge in [0.15, 0.2) is 5.78 Å². The number of aliphatic hydroxyl groups is 4. The summed E-state index contributed by atoms with van der Waals surface area (Å²) in [5.41, 5.74) is -4.76. The second-order valence-corrected chi connectivity index (χ2v) is 14.2. The highest BCUT2D eigenvalue weighted by molar-refractivity contribution is 6.04. The van der Waals surface area contributed by atoms with Crippen LogP contribution < -0.4 is 0 Å². The SMILES string of the molecule is CCCCCCCCCCCCCC(=O)O[C@H]1[C@H](C)[C@]2(O)[C@H](C=C(CO)C[C@@]3(O)C(=O)C(C)=C[C@H]23)[C@H]2C(C)(C)[C@@]12O. The van der Waals surface area contributed by atoms with Crippen molar-refractivity contribution in [2.45, 2.75) is 141 Å². The quantitative estimate of drug-likeness (QED) is 0.128. The zero-order valence-corrected chi connectivity index (χ0v) is 26.0. The van der Waals surface area contributed by atoms with Crippen LogP contribution in [-0.2, 0) is 14.3 Å². The van der Waals surface area contributed by atoms with Crippen LogP contribution in [0.4, 0.5) is 0 Å². The number of carbonyl (C=O) groups excluding carboxylic acids is 2. The van der Waals surface area contributed by atoms with Crippen LogP contribution in [0.25, 0.3) is 0 Å². The van der Waals surface area contributed by atoms with E-state index in [2.05, 4.69) is 6.92 Å². The van der Waals surface area contributed by atoms with Crippen molar-refractivity contribution in [1.29, 1.82) is 0 Å². The van der Waals surface area contributed by atoms with Gasteiger partial charge in [-0.1, -0.05) is 104 Å². The van der Waals surface area contributed by atoms with Crippen LogP contribution in [-0.4, -0.2) is 61.7 Å². The van der Waals surface area contributed by atoms with Gasteiger partial charge < -0.3 is 25.2 Å². The Labute approximate surface area is 246 Å². The zero-order valence-electron chi connectivity index (χ0n) is 26.0. The third-order valence-electron chi connectivity index (χ3n) is 11.2. The van der Waals surface area contributed by atoms with Crippen LogP contribution in [0, 0.1) is 29.1 Å². The molecule has 0 bridgehead atoms. The minimum atomic E-state index is -1.89. The summed E-state index contributed by atoms with van der Waals surface area (Å²) in [5.74, 6) is -3.66. The van der Waals surface area contributed by atoms with Crippen LogP contribution in [0.15, 0.2) is 23.3 Å². The molecule has 7 heteroatoms. The topological polar surface area (TPSA) is 124 Å². The number of fused-ring (bicyclic) bond motifs is 5. The fraction of sp³-hybridized carbons (Fsp3) is 0.824. The molecule has 0 heterocycles. The average molecular weight is 575 g/mol. The molecule has 0 saturated heterocycles. The molecule has 0 spiro atoms. The highest BCUT2D eigenvalue weighted by atomic mass is 16.6. The van der Waals surface area contributed by atoms with Crippen molar-refractivity contribution in [2.75, 3.05) is 6.61 Å². The molecule has 0 aromatic rings. The minimum absolute atomic E-state index is 0.0821.